The van der Waals surface area contributed by atoms with Gasteiger partial charge < -0.3 is 10.1 Å². The first-order chi connectivity index (χ1) is 7.69. The summed E-state index contributed by atoms with van der Waals surface area (Å²) in [6.07, 6.45) is 5.63. The molecule has 1 rings (SSSR count). The number of nitrogens with one attached hydrogen (secondary N) is 1. The SMILES string of the molecule is C#CCCOc1nc(NCC)c(Cl)cc1Cl. The quantitative estimate of drug-likeness (QED) is 0.651. The highest BCUT2D eigenvalue weighted by Crippen LogP contribution is 2.30. The summed E-state index contributed by atoms with van der Waals surface area (Å²) in [6.45, 7) is 3.06. The van der Waals surface area contributed by atoms with E-state index < -0.39 is 0 Å². The topological polar surface area (TPSA) is 34.1 Å². The predicted molar refractivity (Wildman–Crippen MR) is 67.4 cm³/mol. The molecular weight excluding hydrogens is 247 g/mol. The maximum atomic E-state index is 5.94. The number of aromatic nitrogens is 1. The molecule has 3 nitrogen and oxygen atoms in total. The molecular formula is C11H12Cl2N2O. The molecule has 0 saturated carbocycles. The second kappa shape index (κ2) is 6.47. The van der Waals surface area contributed by atoms with Crippen molar-refractivity contribution in [1.29, 1.82) is 0 Å². The third kappa shape index (κ3) is 3.48. The summed E-state index contributed by atoms with van der Waals surface area (Å²) in [4.78, 5) is 4.17. The lowest BCUT2D eigenvalue weighted by atomic mass is 10.4. The van der Waals surface area contributed by atoms with Crippen molar-refractivity contribution >= 4 is 29.0 Å². The molecule has 0 radical (unpaired) electrons. The molecule has 86 valence electrons. The van der Waals surface area contributed by atoms with Crippen molar-refractivity contribution in [3.63, 3.8) is 0 Å². The summed E-state index contributed by atoms with van der Waals surface area (Å²) in [6, 6.07) is 1.60. The van der Waals surface area contributed by atoms with Gasteiger partial charge in [0.2, 0.25) is 5.88 Å². The van der Waals surface area contributed by atoms with Crippen LogP contribution in [0.25, 0.3) is 0 Å². The molecule has 0 aliphatic rings. The zero-order valence-corrected chi connectivity index (χ0v) is 10.4. The number of halogens is 2. The number of nitrogens with zero attached hydrogens (tertiary/aromatic N) is 1. The number of anilines is 1. The average molecular weight is 259 g/mol. The van der Waals surface area contributed by atoms with Crippen molar-refractivity contribution in [1.82, 2.24) is 4.98 Å². The third-order valence-electron chi connectivity index (χ3n) is 1.73. The van der Waals surface area contributed by atoms with Crippen LogP contribution in [-0.2, 0) is 0 Å². The first kappa shape index (κ1) is 13.0. The number of pyridine rings is 1. The van der Waals surface area contributed by atoms with Crippen LogP contribution in [0.5, 0.6) is 5.88 Å². The minimum Gasteiger partial charge on any atom is -0.476 e. The van der Waals surface area contributed by atoms with Crippen LogP contribution in [-0.4, -0.2) is 18.1 Å². The van der Waals surface area contributed by atoms with Gasteiger partial charge in [-0.15, -0.1) is 12.3 Å². The lowest BCUT2D eigenvalue weighted by molar-refractivity contribution is 0.315. The molecule has 0 saturated heterocycles. The average Bonchev–Trinajstić information content (AvgIpc) is 2.25. The molecule has 0 amide bonds. The number of ether oxygens (including phenoxy) is 1. The summed E-state index contributed by atoms with van der Waals surface area (Å²) in [5.41, 5.74) is 0. The van der Waals surface area contributed by atoms with Crippen LogP contribution in [0.1, 0.15) is 13.3 Å². The zero-order valence-electron chi connectivity index (χ0n) is 8.89. The second-order valence-electron chi connectivity index (χ2n) is 2.94. The van der Waals surface area contributed by atoms with Gasteiger partial charge in [0, 0.05) is 13.0 Å². The van der Waals surface area contributed by atoms with Crippen LogP contribution in [0.15, 0.2) is 6.07 Å². The van der Waals surface area contributed by atoms with E-state index in [0.29, 0.717) is 34.8 Å². The van der Waals surface area contributed by atoms with Crippen LogP contribution in [0.4, 0.5) is 5.82 Å². The maximum Gasteiger partial charge on any atom is 0.234 e. The lowest BCUT2D eigenvalue weighted by Crippen LogP contribution is -2.04. The monoisotopic (exact) mass is 258 g/mol. The van der Waals surface area contributed by atoms with Crippen LogP contribution >= 0.6 is 23.2 Å². The summed E-state index contributed by atoms with van der Waals surface area (Å²) in [7, 11) is 0. The largest absolute Gasteiger partial charge is 0.476 e. The van der Waals surface area contributed by atoms with Crippen LogP contribution < -0.4 is 10.1 Å². The second-order valence-corrected chi connectivity index (χ2v) is 3.75. The van der Waals surface area contributed by atoms with Gasteiger partial charge >= 0.3 is 0 Å². The number of hydrogen-bond acceptors (Lipinski definition) is 3. The van der Waals surface area contributed by atoms with E-state index in [4.69, 9.17) is 34.4 Å². The van der Waals surface area contributed by atoms with E-state index >= 15 is 0 Å². The van der Waals surface area contributed by atoms with Crippen molar-refractivity contribution < 1.29 is 4.74 Å². The van der Waals surface area contributed by atoms with Gasteiger partial charge in [-0.25, -0.2) is 0 Å². The third-order valence-corrected chi connectivity index (χ3v) is 2.29. The van der Waals surface area contributed by atoms with Crippen molar-refractivity contribution in [2.24, 2.45) is 0 Å². The van der Waals surface area contributed by atoms with E-state index in [9.17, 15) is 0 Å². The molecule has 0 atom stereocenters. The Morgan fingerprint density at radius 1 is 1.50 bits per heavy atom. The molecule has 5 heteroatoms. The minimum absolute atomic E-state index is 0.345. The summed E-state index contributed by atoms with van der Waals surface area (Å²) in [5, 5.41) is 3.86. The van der Waals surface area contributed by atoms with E-state index in [0.717, 1.165) is 6.54 Å². The van der Waals surface area contributed by atoms with E-state index in [1.165, 1.54) is 0 Å². The molecule has 16 heavy (non-hydrogen) atoms. The minimum atomic E-state index is 0.345. The molecule has 0 aliphatic carbocycles. The normalized spacial score (nSPS) is 9.62. The fraction of sp³-hybridized carbons (Fsp3) is 0.364. The van der Waals surface area contributed by atoms with Gasteiger partial charge in [-0.2, -0.15) is 4.98 Å². The molecule has 1 N–H and O–H groups in total. The molecule has 0 fully saturated rings. The first-order valence-corrected chi connectivity index (χ1v) is 5.60. The van der Waals surface area contributed by atoms with Crippen molar-refractivity contribution in [3.05, 3.63) is 16.1 Å². The molecule has 0 bridgehead atoms. The van der Waals surface area contributed by atoms with Gasteiger partial charge in [0.05, 0.1) is 5.02 Å². The van der Waals surface area contributed by atoms with Gasteiger partial charge in [0.1, 0.15) is 17.4 Å². The van der Waals surface area contributed by atoms with Crippen LogP contribution in [0.2, 0.25) is 10.0 Å². The number of rotatable bonds is 5. The molecule has 0 spiro atoms. The van der Waals surface area contributed by atoms with Crippen LogP contribution in [0, 0.1) is 12.3 Å². The Balaban J connectivity index is 2.83. The summed E-state index contributed by atoms with van der Waals surface area (Å²) < 4.78 is 5.33. The summed E-state index contributed by atoms with van der Waals surface area (Å²) >= 11 is 11.9. The Labute approximate surface area is 105 Å². The predicted octanol–water partition coefficient (Wildman–Crippen LogP) is 3.22. The van der Waals surface area contributed by atoms with E-state index in [-0.39, 0.29) is 0 Å². The lowest BCUT2D eigenvalue weighted by Gasteiger charge is -2.10. The maximum absolute atomic E-state index is 5.94. The first-order valence-electron chi connectivity index (χ1n) is 4.85. The molecule has 0 unspecified atom stereocenters. The fourth-order valence-corrected chi connectivity index (χ4v) is 1.53. The Morgan fingerprint density at radius 3 is 2.88 bits per heavy atom. The van der Waals surface area contributed by atoms with E-state index in [1.807, 2.05) is 6.92 Å². The summed E-state index contributed by atoms with van der Waals surface area (Å²) in [5.74, 6) is 3.38. The molecule has 0 aromatic carbocycles. The smallest absolute Gasteiger partial charge is 0.234 e. The molecule has 1 aromatic heterocycles. The standard InChI is InChI=1S/C11H12Cl2N2O/c1-3-5-6-16-11-9(13)7-8(12)10(15-11)14-4-2/h1,7H,4-6H2,2H3,(H,14,15). The van der Waals surface area contributed by atoms with Crippen LogP contribution in [0.3, 0.4) is 0 Å². The molecule has 1 aromatic rings. The van der Waals surface area contributed by atoms with Gasteiger partial charge in [0.25, 0.3) is 0 Å². The fourth-order valence-electron chi connectivity index (χ4n) is 1.05. The number of terminal acetylenes is 1. The van der Waals surface area contributed by atoms with E-state index in [2.05, 4.69) is 16.2 Å². The van der Waals surface area contributed by atoms with Crippen molar-refractivity contribution in [2.45, 2.75) is 13.3 Å². The Morgan fingerprint density at radius 2 is 2.25 bits per heavy atom. The molecule has 0 aliphatic heterocycles. The Bertz CT molecular complexity index is 402. The number of hydrogen-bond donors (Lipinski definition) is 1. The highest BCUT2D eigenvalue weighted by Gasteiger charge is 2.09. The van der Waals surface area contributed by atoms with Gasteiger partial charge in [-0.1, -0.05) is 23.2 Å². The van der Waals surface area contributed by atoms with Gasteiger partial charge in [-0.3, -0.25) is 0 Å². The zero-order chi connectivity index (χ0) is 12.0. The van der Waals surface area contributed by atoms with Crippen molar-refractivity contribution in [2.75, 3.05) is 18.5 Å². The van der Waals surface area contributed by atoms with E-state index in [1.54, 1.807) is 6.07 Å². The Hall–Kier alpha value is -1.11. The Kier molecular flexibility index (Phi) is 5.24. The highest BCUT2D eigenvalue weighted by molar-refractivity contribution is 6.36. The molecule has 1 heterocycles. The van der Waals surface area contributed by atoms with Gasteiger partial charge in [-0.05, 0) is 13.0 Å². The van der Waals surface area contributed by atoms with Gasteiger partial charge in [0.15, 0.2) is 0 Å². The highest BCUT2D eigenvalue weighted by atomic mass is 35.5. The van der Waals surface area contributed by atoms with Crippen molar-refractivity contribution in [3.8, 4) is 18.2 Å².